The van der Waals surface area contributed by atoms with Crippen LogP contribution in [0.2, 0.25) is 0 Å². The predicted molar refractivity (Wildman–Crippen MR) is 94.0 cm³/mol. The number of anilines is 1. The van der Waals surface area contributed by atoms with E-state index in [0.717, 1.165) is 6.07 Å². The summed E-state index contributed by atoms with van der Waals surface area (Å²) in [6.45, 7) is 0.0733. The summed E-state index contributed by atoms with van der Waals surface area (Å²) in [5, 5.41) is 2.67. The summed E-state index contributed by atoms with van der Waals surface area (Å²) >= 11 is 0. The van der Waals surface area contributed by atoms with Gasteiger partial charge in [0.1, 0.15) is 23.1 Å². The normalized spacial score (nSPS) is 11.1. The minimum atomic E-state index is -0.696. The molecule has 7 heteroatoms. The van der Waals surface area contributed by atoms with Crippen LogP contribution in [0, 0.1) is 17.5 Å². The largest absolute Gasteiger partial charge is 0.463 e. The van der Waals surface area contributed by atoms with Crippen LogP contribution in [0.1, 0.15) is 16.1 Å². The highest BCUT2D eigenvalue weighted by molar-refractivity contribution is 6.05. The molecule has 27 heavy (non-hydrogen) atoms. The lowest BCUT2D eigenvalue weighted by Gasteiger charge is -2.11. The van der Waals surface area contributed by atoms with Crippen LogP contribution in [0.25, 0.3) is 11.1 Å². The van der Waals surface area contributed by atoms with Crippen LogP contribution >= 0.6 is 0 Å². The molecule has 4 aromatic rings. The van der Waals surface area contributed by atoms with Crippen molar-refractivity contribution in [3.63, 3.8) is 0 Å². The van der Waals surface area contributed by atoms with E-state index in [1.54, 1.807) is 16.7 Å². The molecule has 0 radical (unpaired) electrons. The number of nitrogens with one attached hydrogen (secondary N) is 1. The van der Waals surface area contributed by atoms with E-state index < -0.39 is 23.4 Å². The summed E-state index contributed by atoms with van der Waals surface area (Å²) in [6, 6.07) is 11.7. The monoisotopic (exact) mass is 370 g/mol. The van der Waals surface area contributed by atoms with Gasteiger partial charge in [0, 0.05) is 30.4 Å². The van der Waals surface area contributed by atoms with Gasteiger partial charge in [-0.25, -0.2) is 13.2 Å². The summed E-state index contributed by atoms with van der Waals surface area (Å²) in [7, 11) is 0. The molecule has 2 heterocycles. The van der Waals surface area contributed by atoms with Gasteiger partial charge in [-0.05, 0) is 42.0 Å². The second-order valence-electron chi connectivity index (χ2n) is 6.02. The minimum Gasteiger partial charge on any atom is -0.463 e. The summed E-state index contributed by atoms with van der Waals surface area (Å²) < 4.78 is 47.0. The van der Waals surface area contributed by atoms with E-state index >= 15 is 0 Å². The first-order valence-electron chi connectivity index (χ1n) is 8.08. The summed E-state index contributed by atoms with van der Waals surface area (Å²) in [5.41, 5.74) is 2.11. The number of halogens is 3. The van der Waals surface area contributed by atoms with Crippen molar-refractivity contribution in [3.05, 3.63) is 89.6 Å². The molecule has 0 fully saturated rings. The van der Waals surface area contributed by atoms with Gasteiger partial charge in [0.2, 0.25) is 0 Å². The van der Waals surface area contributed by atoms with E-state index in [2.05, 4.69) is 5.32 Å². The third-order valence-corrected chi connectivity index (χ3v) is 4.12. The number of furan rings is 1. The molecule has 1 N–H and O–H groups in total. The standard InChI is InChI=1S/C20H13F3N2O2/c21-13-1-3-16(4-2-13)24-20(26)18-10-19-17(5-6-27-19)25(18)11-12-7-14(22)9-15(23)8-12/h1-10H,11H2,(H,24,26). The van der Waals surface area contributed by atoms with Gasteiger partial charge in [0.25, 0.3) is 5.91 Å². The van der Waals surface area contributed by atoms with Gasteiger partial charge in [-0.3, -0.25) is 4.79 Å². The minimum absolute atomic E-state index is 0.0733. The van der Waals surface area contributed by atoms with E-state index in [0.29, 0.717) is 22.4 Å². The third-order valence-electron chi connectivity index (χ3n) is 4.12. The molecule has 136 valence electrons. The molecule has 0 aliphatic carbocycles. The number of nitrogens with zero attached hydrogens (tertiary/aromatic N) is 1. The number of hydrogen-bond acceptors (Lipinski definition) is 2. The number of rotatable bonds is 4. The number of aromatic nitrogens is 1. The third kappa shape index (κ3) is 3.44. The molecule has 2 aromatic heterocycles. The first kappa shape index (κ1) is 17.0. The Hall–Kier alpha value is -3.48. The highest BCUT2D eigenvalue weighted by Gasteiger charge is 2.18. The Kier molecular flexibility index (Phi) is 4.19. The molecule has 0 atom stereocenters. The zero-order chi connectivity index (χ0) is 19.0. The van der Waals surface area contributed by atoms with Gasteiger partial charge in [0.05, 0.1) is 11.8 Å². The van der Waals surface area contributed by atoms with Crippen molar-refractivity contribution in [2.75, 3.05) is 5.32 Å². The average Bonchev–Trinajstić information content (AvgIpc) is 3.19. The van der Waals surface area contributed by atoms with E-state index in [1.165, 1.54) is 42.7 Å². The first-order valence-corrected chi connectivity index (χ1v) is 8.08. The molecule has 0 spiro atoms. The zero-order valence-corrected chi connectivity index (χ0v) is 13.9. The van der Waals surface area contributed by atoms with Gasteiger partial charge in [-0.15, -0.1) is 0 Å². The zero-order valence-electron chi connectivity index (χ0n) is 13.9. The van der Waals surface area contributed by atoms with Crippen LogP contribution in [0.5, 0.6) is 0 Å². The Balaban J connectivity index is 1.70. The summed E-state index contributed by atoms with van der Waals surface area (Å²) in [4.78, 5) is 12.7. The Morgan fingerprint density at radius 3 is 2.33 bits per heavy atom. The Morgan fingerprint density at radius 2 is 1.63 bits per heavy atom. The first-order chi connectivity index (χ1) is 13.0. The fourth-order valence-electron chi connectivity index (χ4n) is 2.95. The van der Waals surface area contributed by atoms with Crippen molar-refractivity contribution in [3.8, 4) is 0 Å². The van der Waals surface area contributed by atoms with Gasteiger partial charge < -0.3 is 14.3 Å². The number of carbonyl (C=O) groups excluding carboxylic acids is 1. The maximum absolute atomic E-state index is 13.5. The molecule has 4 rings (SSSR count). The summed E-state index contributed by atoms with van der Waals surface area (Å²) in [5.74, 6) is -2.26. The molecule has 0 saturated heterocycles. The molecule has 4 nitrogen and oxygen atoms in total. The predicted octanol–water partition coefficient (Wildman–Crippen LogP) is 4.95. The smallest absolute Gasteiger partial charge is 0.272 e. The Labute approximate surface area is 151 Å². The number of carbonyl (C=O) groups is 1. The molecule has 0 unspecified atom stereocenters. The quantitative estimate of drug-likeness (QED) is 0.552. The maximum atomic E-state index is 13.5. The van der Waals surface area contributed by atoms with Crippen LogP contribution in [-0.2, 0) is 6.54 Å². The van der Waals surface area contributed by atoms with Crippen molar-refractivity contribution in [1.82, 2.24) is 4.57 Å². The van der Waals surface area contributed by atoms with Crippen molar-refractivity contribution < 1.29 is 22.4 Å². The van der Waals surface area contributed by atoms with E-state index in [1.807, 2.05) is 0 Å². The highest BCUT2D eigenvalue weighted by Crippen LogP contribution is 2.24. The van der Waals surface area contributed by atoms with Crippen LogP contribution < -0.4 is 5.32 Å². The van der Waals surface area contributed by atoms with Gasteiger partial charge in [-0.2, -0.15) is 0 Å². The van der Waals surface area contributed by atoms with Crippen molar-refractivity contribution >= 4 is 22.7 Å². The molecule has 2 aromatic carbocycles. The molecule has 0 aliphatic rings. The molecule has 1 amide bonds. The SMILES string of the molecule is O=C(Nc1ccc(F)cc1)c1cc2occc2n1Cc1cc(F)cc(F)c1. The average molecular weight is 370 g/mol. The number of amides is 1. The molecule has 0 saturated carbocycles. The fourth-order valence-corrected chi connectivity index (χ4v) is 2.95. The van der Waals surface area contributed by atoms with Crippen molar-refractivity contribution in [2.45, 2.75) is 6.54 Å². The maximum Gasteiger partial charge on any atom is 0.272 e. The van der Waals surface area contributed by atoms with Crippen molar-refractivity contribution in [2.24, 2.45) is 0 Å². The van der Waals surface area contributed by atoms with Crippen LogP contribution in [0.15, 0.2) is 65.3 Å². The lowest BCUT2D eigenvalue weighted by Crippen LogP contribution is -2.17. The fraction of sp³-hybridized carbons (Fsp3) is 0.0500. The molecule has 0 aliphatic heterocycles. The molecule has 0 bridgehead atoms. The molecular formula is C20H13F3N2O2. The highest BCUT2D eigenvalue weighted by atomic mass is 19.1. The van der Waals surface area contributed by atoms with Gasteiger partial charge in [-0.1, -0.05) is 0 Å². The van der Waals surface area contributed by atoms with Crippen LogP contribution in [-0.4, -0.2) is 10.5 Å². The number of hydrogen-bond donors (Lipinski definition) is 1. The summed E-state index contributed by atoms with van der Waals surface area (Å²) in [6.07, 6.45) is 1.47. The van der Waals surface area contributed by atoms with Crippen molar-refractivity contribution in [1.29, 1.82) is 0 Å². The number of fused-ring (bicyclic) bond motifs is 1. The Bertz CT molecular complexity index is 1110. The van der Waals surface area contributed by atoms with Gasteiger partial charge in [0.15, 0.2) is 5.58 Å². The second kappa shape index (κ2) is 6.68. The number of benzene rings is 2. The topological polar surface area (TPSA) is 47.2 Å². The Morgan fingerprint density at radius 1 is 0.926 bits per heavy atom. The lowest BCUT2D eigenvalue weighted by molar-refractivity contribution is 0.101. The van der Waals surface area contributed by atoms with E-state index in [9.17, 15) is 18.0 Å². The van der Waals surface area contributed by atoms with Crippen LogP contribution in [0.3, 0.4) is 0 Å². The van der Waals surface area contributed by atoms with E-state index in [4.69, 9.17) is 4.42 Å². The van der Waals surface area contributed by atoms with E-state index in [-0.39, 0.29) is 12.2 Å². The second-order valence-corrected chi connectivity index (χ2v) is 6.02. The van der Waals surface area contributed by atoms with Gasteiger partial charge >= 0.3 is 0 Å². The molecular weight excluding hydrogens is 357 g/mol. The lowest BCUT2D eigenvalue weighted by atomic mass is 10.2. The van der Waals surface area contributed by atoms with Crippen LogP contribution in [0.4, 0.5) is 18.9 Å².